The lowest BCUT2D eigenvalue weighted by molar-refractivity contribution is 0.407. The first-order valence-corrected chi connectivity index (χ1v) is 5.21. The van der Waals surface area contributed by atoms with E-state index in [4.69, 9.17) is 4.74 Å². The topological polar surface area (TPSA) is 58.7 Å². The highest BCUT2D eigenvalue weighted by Crippen LogP contribution is 2.37. The Hall–Kier alpha value is -1.78. The van der Waals surface area contributed by atoms with Crippen LogP contribution in [-0.2, 0) is 5.66 Å². The van der Waals surface area contributed by atoms with Gasteiger partial charge in [0.15, 0.2) is 0 Å². The van der Waals surface area contributed by atoms with Gasteiger partial charge in [-0.05, 0) is 22.6 Å². The molecule has 0 fully saturated rings. The average molecular weight is 217 g/mol. The van der Waals surface area contributed by atoms with Crippen LogP contribution in [-0.4, -0.2) is 7.11 Å². The molecule has 0 saturated carbocycles. The van der Waals surface area contributed by atoms with E-state index < -0.39 is 5.66 Å². The molecule has 1 aliphatic heterocycles. The van der Waals surface area contributed by atoms with Crippen molar-refractivity contribution in [1.29, 1.82) is 0 Å². The van der Waals surface area contributed by atoms with Crippen LogP contribution in [0.3, 0.4) is 0 Å². The fourth-order valence-corrected chi connectivity index (χ4v) is 1.70. The molecule has 1 radical (unpaired) electrons. The van der Waals surface area contributed by atoms with Gasteiger partial charge < -0.3 is 4.74 Å². The van der Waals surface area contributed by atoms with Crippen molar-refractivity contribution in [2.45, 2.75) is 25.4 Å². The van der Waals surface area contributed by atoms with E-state index in [0.29, 0.717) is 5.75 Å². The fourth-order valence-electron chi connectivity index (χ4n) is 1.70. The van der Waals surface area contributed by atoms with Crippen molar-refractivity contribution in [2.75, 3.05) is 7.11 Å². The summed E-state index contributed by atoms with van der Waals surface area (Å²) in [7, 11) is 1.61. The standard InChI is InChI=1S/C11H13N4O/c1-3-8-11(12-14-15-13-11)9-4-6-10(16-2)7-5-9/h4-6H,3,8H2,1-2H3. The molecule has 0 aliphatic carbocycles. The minimum Gasteiger partial charge on any atom is -0.496 e. The van der Waals surface area contributed by atoms with Crippen molar-refractivity contribution < 1.29 is 4.74 Å². The van der Waals surface area contributed by atoms with E-state index in [0.717, 1.165) is 18.4 Å². The van der Waals surface area contributed by atoms with Gasteiger partial charge in [0.05, 0.1) is 7.11 Å². The van der Waals surface area contributed by atoms with Crippen LogP contribution < -0.4 is 4.74 Å². The van der Waals surface area contributed by atoms with Gasteiger partial charge in [0.2, 0.25) is 5.66 Å². The number of hydrogen-bond acceptors (Lipinski definition) is 5. The average Bonchev–Trinajstić information content (AvgIpc) is 2.80. The molecular weight excluding hydrogens is 204 g/mol. The zero-order valence-electron chi connectivity index (χ0n) is 9.34. The third-order valence-electron chi connectivity index (χ3n) is 2.53. The van der Waals surface area contributed by atoms with Crippen molar-refractivity contribution in [3.8, 4) is 5.75 Å². The Morgan fingerprint density at radius 1 is 1.31 bits per heavy atom. The highest BCUT2D eigenvalue weighted by Gasteiger charge is 2.34. The van der Waals surface area contributed by atoms with Crippen LogP contribution in [0.2, 0.25) is 0 Å². The smallest absolute Gasteiger partial charge is 0.220 e. The highest BCUT2D eigenvalue weighted by atomic mass is 16.5. The summed E-state index contributed by atoms with van der Waals surface area (Å²) in [4.78, 5) is 0. The molecule has 1 aromatic rings. The summed E-state index contributed by atoms with van der Waals surface area (Å²) in [6, 6.07) is 8.62. The van der Waals surface area contributed by atoms with Crippen LogP contribution in [0.5, 0.6) is 5.75 Å². The maximum Gasteiger partial charge on any atom is 0.220 e. The van der Waals surface area contributed by atoms with E-state index in [-0.39, 0.29) is 0 Å². The maximum absolute atomic E-state index is 5.06. The van der Waals surface area contributed by atoms with Crippen LogP contribution in [0, 0.1) is 6.07 Å². The van der Waals surface area contributed by atoms with Gasteiger partial charge in [0.25, 0.3) is 0 Å². The molecule has 0 N–H and O–H groups in total. The Morgan fingerprint density at radius 3 is 2.56 bits per heavy atom. The summed E-state index contributed by atoms with van der Waals surface area (Å²) < 4.78 is 5.06. The Bertz CT molecular complexity index is 398. The minimum atomic E-state index is -0.641. The lowest BCUT2D eigenvalue weighted by atomic mass is 9.96. The lowest BCUT2D eigenvalue weighted by Crippen LogP contribution is -2.18. The van der Waals surface area contributed by atoms with Gasteiger partial charge in [-0.25, -0.2) is 0 Å². The van der Waals surface area contributed by atoms with Gasteiger partial charge in [0.1, 0.15) is 5.75 Å². The van der Waals surface area contributed by atoms with Crippen LogP contribution in [0.4, 0.5) is 0 Å². The van der Waals surface area contributed by atoms with Crippen molar-refractivity contribution in [3.63, 3.8) is 0 Å². The Kier molecular flexibility index (Phi) is 2.94. The van der Waals surface area contributed by atoms with Gasteiger partial charge in [-0.3, -0.25) is 0 Å². The molecule has 16 heavy (non-hydrogen) atoms. The molecule has 0 bridgehead atoms. The first-order valence-electron chi connectivity index (χ1n) is 5.21. The van der Waals surface area contributed by atoms with Gasteiger partial charge >= 0.3 is 0 Å². The Labute approximate surface area is 94.2 Å². The van der Waals surface area contributed by atoms with Gasteiger partial charge in [-0.15, -0.1) is 10.2 Å². The molecule has 0 amide bonds. The van der Waals surface area contributed by atoms with Gasteiger partial charge in [0, 0.05) is 18.1 Å². The van der Waals surface area contributed by atoms with E-state index >= 15 is 0 Å². The second-order valence-corrected chi connectivity index (χ2v) is 3.59. The lowest BCUT2D eigenvalue weighted by Gasteiger charge is -2.19. The summed E-state index contributed by atoms with van der Waals surface area (Å²) in [6.07, 6.45) is 1.75. The molecule has 83 valence electrons. The molecule has 0 spiro atoms. The van der Waals surface area contributed by atoms with E-state index in [1.807, 2.05) is 18.2 Å². The van der Waals surface area contributed by atoms with E-state index in [1.54, 1.807) is 7.11 Å². The second kappa shape index (κ2) is 4.38. The zero-order valence-corrected chi connectivity index (χ0v) is 9.34. The number of methoxy groups -OCH3 is 1. The molecule has 0 atom stereocenters. The number of nitrogens with zero attached hydrogens (tertiary/aromatic N) is 4. The summed E-state index contributed by atoms with van der Waals surface area (Å²) >= 11 is 0. The fraction of sp³-hybridized carbons (Fsp3) is 0.455. The quantitative estimate of drug-likeness (QED) is 0.763. The monoisotopic (exact) mass is 217 g/mol. The van der Waals surface area contributed by atoms with E-state index in [1.165, 1.54) is 0 Å². The van der Waals surface area contributed by atoms with Gasteiger partial charge in [-0.1, -0.05) is 19.4 Å². The Morgan fingerprint density at radius 2 is 2.06 bits per heavy atom. The third kappa shape index (κ3) is 1.80. The zero-order chi connectivity index (χ0) is 11.4. The first-order chi connectivity index (χ1) is 7.80. The van der Waals surface area contributed by atoms with Crippen molar-refractivity contribution in [1.82, 2.24) is 0 Å². The van der Waals surface area contributed by atoms with Crippen LogP contribution in [0.1, 0.15) is 25.3 Å². The molecule has 1 heterocycles. The van der Waals surface area contributed by atoms with Crippen LogP contribution >= 0.6 is 0 Å². The molecule has 2 rings (SSSR count). The van der Waals surface area contributed by atoms with Crippen molar-refractivity contribution >= 4 is 0 Å². The molecule has 0 aromatic heterocycles. The Balaban J connectivity index is 2.32. The second-order valence-electron chi connectivity index (χ2n) is 3.59. The van der Waals surface area contributed by atoms with Crippen LogP contribution in [0.15, 0.2) is 38.9 Å². The first kappa shape index (κ1) is 10.7. The summed E-state index contributed by atoms with van der Waals surface area (Å²) in [5.41, 5.74) is 0.303. The van der Waals surface area contributed by atoms with Crippen molar-refractivity contribution in [3.05, 3.63) is 29.8 Å². The normalized spacial score (nSPS) is 16.6. The summed E-state index contributed by atoms with van der Waals surface area (Å²) in [5, 5.41) is 15.5. The molecule has 1 aromatic carbocycles. The van der Waals surface area contributed by atoms with Crippen LogP contribution in [0.25, 0.3) is 0 Å². The third-order valence-corrected chi connectivity index (χ3v) is 2.53. The highest BCUT2D eigenvalue weighted by molar-refractivity contribution is 5.30. The molecule has 0 saturated heterocycles. The maximum atomic E-state index is 5.06. The molecule has 5 nitrogen and oxygen atoms in total. The minimum absolute atomic E-state index is 0.641. The SMILES string of the molecule is CCCC1(c2c[c]c(OC)cc2)N=NN=N1. The largest absolute Gasteiger partial charge is 0.496 e. The number of benzene rings is 1. The van der Waals surface area contributed by atoms with E-state index in [9.17, 15) is 0 Å². The summed E-state index contributed by atoms with van der Waals surface area (Å²) in [6.45, 7) is 2.08. The van der Waals surface area contributed by atoms with Gasteiger partial charge in [-0.2, -0.15) is 0 Å². The van der Waals surface area contributed by atoms with E-state index in [2.05, 4.69) is 33.7 Å². The number of hydrogen-bond donors (Lipinski definition) is 0. The predicted octanol–water partition coefficient (Wildman–Crippen LogP) is 3.28. The molecular formula is C11H13N4O. The summed E-state index contributed by atoms with van der Waals surface area (Å²) in [5.74, 6) is 0.697. The van der Waals surface area contributed by atoms with Crippen molar-refractivity contribution in [2.24, 2.45) is 20.7 Å². The predicted molar refractivity (Wildman–Crippen MR) is 58.1 cm³/mol. The molecule has 1 aliphatic rings. The number of ether oxygens (including phenoxy) is 1. The molecule has 0 unspecified atom stereocenters. The molecule has 5 heteroatoms. The number of rotatable bonds is 4.